The molecule has 86 valence electrons. The minimum atomic E-state index is -3.00. The molecule has 0 aliphatic carbocycles. The lowest BCUT2D eigenvalue weighted by Gasteiger charge is -2.34. The third-order valence-corrected chi connectivity index (χ3v) is 3.68. The summed E-state index contributed by atoms with van der Waals surface area (Å²) in [6, 6.07) is 0.161. The first-order valence-electron chi connectivity index (χ1n) is 4.73. The average molecular weight is 243 g/mol. The topological polar surface area (TPSA) is 49.4 Å². The molecule has 0 amide bonds. The minimum Gasteiger partial charge on any atom is -0.314 e. The van der Waals surface area contributed by atoms with Gasteiger partial charge in [0.1, 0.15) is 0 Å². The molecular weight excluding hydrogens is 224 g/mol. The summed E-state index contributed by atoms with van der Waals surface area (Å²) in [5.74, 6) is 0. The Kier molecular flexibility index (Phi) is 5.97. The van der Waals surface area contributed by atoms with E-state index >= 15 is 0 Å². The van der Waals surface area contributed by atoms with Crippen LogP contribution < -0.4 is 5.32 Å². The van der Waals surface area contributed by atoms with Crippen molar-refractivity contribution in [3.8, 4) is 0 Å². The predicted octanol–water partition coefficient (Wildman–Crippen LogP) is 0.442. The number of hydrogen-bond donors (Lipinski definition) is 1. The highest BCUT2D eigenvalue weighted by molar-refractivity contribution is 7.88. The number of hydrogen-bond acceptors (Lipinski definition) is 3. The van der Waals surface area contributed by atoms with Crippen LogP contribution in [0.4, 0.5) is 0 Å². The lowest BCUT2D eigenvalue weighted by molar-refractivity contribution is 0.256. The lowest BCUT2D eigenvalue weighted by atomic mass is 10.1. The summed E-state index contributed by atoms with van der Waals surface area (Å²) in [5.41, 5.74) is 0. The van der Waals surface area contributed by atoms with Crippen molar-refractivity contribution in [3.63, 3.8) is 0 Å². The molecule has 0 radical (unpaired) electrons. The van der Waals surface area contributed by atoms with Gasteiger partial charge in [-0.25, -0.2) is 8.42 Å². The third kappa shape index (κ3) is 3.73. The summed E-state index contributed by atoms with van der Waals surface area (Å²) >= 11 is 0. The Morgan fingerprint density at radius 2 is 2.14 bits per heavy atom. The van der Waals surface area contributed by atoms with Crippen molar-refractivity contribution in [3.05, 3.63) is 0 Å². The molecule has 14 heavy (non-hydrogen) atoms. The van der Waals surface area contributed by atoms with Crippen LogP contribution in [-0.4, -0.2) is 44.7 Å². The highest BCUT2D eigenvalue weighted by Crippen LogP contribution is 2.12. The van der Waals surface area contributed by atoms with Crippen LogP contribution in [0.2, 0.25) is 0 Å². The van der Waals surface area contributed by atoms with Crippen LogP contribution >= 0.6 is 12.4 Å². The van der Waals surface area contributed by atoms with Crippen molar-refractivity contribution in [2.24, 2.45) is 0 Å². The Balaban J connectivity index is 0.00000169. The second-order valence-electron chi connectivity index (χ2n) is 3.52. The van der Waals surface area contributed by atoms with Crippen LogP contribution in [0.3, 0.4) is 0 Å². The number of sulfonamides is 1. The molecular formula is C8H19ClN2O2S. The van der Waals surface area contributed by atoms with Crippen molar-refractivity contribution in [1.29, 1.82) is 0 Å². The van der Waals surface area contributed by atoms with Gasteiger partial charge in [-0.15, -0.1) is 12.4 Å². The molecule has 4 nitrogen and oxygen atoms in total. The molecule has 1 atom stereocenters. The molecule has 0 saturated carbocycles. The first kappa shape index (κ1) is 14.2. The van der Waals surface area contributed by atoms with Crippen LogP contribution in [0.5, 0.6) is 0 Å². The van der Waals surface area contributed by atoms with Crippen LogP contribution in [0.15, 0.2) is 0 Å². The fourth-order valence-corrected chi connectivity index (χ4v) is 2.90. The molecule has 1 aliphatic rings. The first-order chi connectivity index (χ1) is 6.05. The monoisotopic (exact) mass is 242 g/mol. The van der Waals surface area contributed by atoms with Gasteiger partial charge in [0.15, 0.2) is 0 Å². The van der Waals surface area contributed by atoms with Gasteiger partial charge in [-0.1, -0.05) is 13.3 Å². The number of halogens is 1. The maximum atomic E-state index is 11.4. The molecule has 0 aromatic rings. The average Bonchev–Trinajstić information content (AvgIpc) is 2.04. The van der Waals surface area contributed by atoms with Gasteiger partial charge >= 0.3 is 0 Å². The Hall–Kier alpha value is 0.160. The van der Waals surface area contributed by atoms with Crippen LogP contribution in [0, 0.1) is 0 Å². The summed E-state index contributed by atoms with van der Waals surface area (Å²) in [4.78, 5) is 0. The van der Waals surface area contributed by atoms with Crippen molar-refractivity contribution < 1.29 is 8.42 Å². The van der Waals surface area contributed by atoms with Gasteiger partial charge in [-0.3, -0.25) is 0 Å². The Morgan fingerprint density at radius 3 is 2.64 bits per heavy atom. The zero-order valence-corrected chi connectivity index (χ0v) is 10.3. The van der Waals surface area contributed by atoms with E-state index in [9.17, 15) is 8.42 Å². The smallest absolute Gasteiger partial charge is 0.211 e. The van der Waals surface area contributed by atoms with Crippen LogP contribution in [0.1, 0.15) is 19.8 Å². The van der Waals surface area contributed by atoms with E-state index in [1.165, 1.54) is 6.26 Å². The normalized spacial score (nSPS) is 24.3. The highest BCUT2D eigenvalue weighted by Gasteiger charge is 2.27. The Labute approximate surface area is 92.5 Å². The molecule has 1 saturated heterocycles. The first-order valence-corrected chi connectivity index (χ1v) is 6.58. The van der Waals surface area contributed by atoms with Gasteiger partial charge in [0.05, 0.1) is 6.26 Å². The zero-order chi connectivity index (χ0) is 9.90. The number of piperazine rings is 1. The summed E-state index contributed by atoms with van der Waals surface area (Å²) in [6.45, 7) is 4.26. The quantitative estimate of drug-likeness (QED) is 0.782. The van der Waals surface area contributed by atoms with Crippen molar-refractivity contribution in [2.75, 3.05) is 25.9 Å². The van der Waals surface area contributed by atoms with Crippen LogP contribution in [0.25, 0.3) is 0 Å². The lowest BCUT2D eigenvalue weighted by Crippen LogP contribution is -2.53. The highest BCUT2D eigenvalue weighted by atomic mass is 35.5. The van der Waals surface area contributed by atoms with E-state index in [-0.39, 0.29) is 18.4 Å². The zero-order valence-electron chi connectivity index (χ0n) is 8.69. The molecule has 1 aliphatic heterocycles. The van der Waals surface area contributed by atoms with Crippen molar-refractivity contribution in [2.45, 2.75) is 25.8 Å². The number of nitrogens with zero attached hydrogens (tertiary/aromatic N) is 1. The van der Waals surface area contributed by atoms with E-state index in [4.69, 9.17) is 0 Å². The fourth-order valence-electron chi connectivity index (χ4n) is 1.76. The fraction of sp³-hybridized carbons (Fsp3) is 1.00. The largest absolute Gasteiger partial charge is 0.314 e. The third-order valence-electron chi connectivity index (χ3n) is 2.34. The van der Waals surface area contributed by atoms with Crippen molar-refractivity contribution in [1.82, 2.24) is 9.62 Å². The van der Waals surface area contributed by atoms with Gasteiger partial charge in [0, 0.05) is 25.7 Å². The molecule has 1 N–H and O–H groups in total. The van der Waals surface area contributed by atoms with E-state index in [1.807, 2.05) is 0 Å². The summed E-state index contributed by atoms with van der Waals surface area (Å²) < 4.78 is 24.4. The Morgan fingerprint density at radius 1 is 1.50 bits per heavy atom. The molecule has 1 heterocycles. The minimum absolute atomic E-state index is 0. The second kappa shape index (κ2) is 5.90. The van der Waals surface area contributed by atoms with E-state index in [2.05, 4.69) is 12.2 Å². The molecule has 0 aromatic heterocycles. The number of rotatable bonds is 3. The maximum Gasteiger partial charge on any atom is 0.211 e. The number of nitrogens with one attached hydrogen (secondary N) is 1. The molecule has 0 spiro atoms. The molecule has 6 heteroatoms. The molecule has 1 fully saturated rings. The van der Waals surface area contributed by atoms with E-state index < -0.39 is 10.0 Å². The molecule has 1 rings (SSSR count). The summed E-state index contributed by atoms with van der Waals surface area (Å²) in [6.07, 6.45) is 3.26. The van der Waals surface area contributed by atoms with E-state index in [0.717, 1.165) is 25.9 Å². The molecule has 0 bridgehead atoms. The van der Waals surface area contributed by atoms with Gasteiger partial charge < -0.3 is 5.32 Å². The van der Waals surface area contributed by atoms with Crippen LogP contribution in [-0.2, 0) is 10.0 Å². The maximum absolute atomic E-state index is 11.4. The summed E-state index contributed by atoms with van der Waals surface area (Å²) in [5, 5.41) is 3.22. The van der Waals surface area contributed by atoms with Gasteiger partial charge in [-0.2, -0.15) is 4.31 Å². The predicted molar refractivity (Wildman–Crippen MR) is 60.4 cm³/mol. The van der Waals surface area contributed by atoms with E-state index in [0.29, 0.717) is 6.54 Å². The molecule has 0 aromatic carbocycles. The van der Waals surface area contributed by atoms with Gasteiger partial charge in [0.25, 0.3) is 0 Å². The van der Waals surface area contributed by atoms with Gasteiger partial charge in [0.2, 0.25) is 10.0 Å². The Bertz CT molecular complexity index is 254. The van der Waals surface area contributed by atoms with Crippen molar-refractivity contribution >= 4 is 22.4 Å². The summed E-state index contributed by atoms with van der Waals surface area (Å²) in [7, 11) is -3.00. The SMILES string of the molecule is CCCC1CNCCN1S(C)(=O)=O.Cl. The van der Waals surface area contributed by atoms with Gasteiger partial charge in [-0.05, 0) is 6.42 Å². The standard InChI is InChI=1S/C8H18N2O2S.ClH/c1-3-4-8-7-9-5-6-10(8)13(2,11)12;/h8-9H,3-7H2,1-2H3;1H. The van der Waals surface area contributed by atoms with E-state index in [1.54, 1.807) is 4.31 Å². The second-order valence-corrected chi connectivity index (χ2v) is 5.46. The molecule has 1 unspecified atom stereocenters.